The highest BCUT2D eigenvalue weighted by Gasteiger charge is 2.13. The van der Waals surface area contributed by atoms with Gasteiger partial charge in [-0.25, -0.2) is 0 Å². The van der Waals surface area contributed by atoms with Gasteiger partial charge in [0.15, 0.2) is 0 Å². The molecule has 18 heavy (non-hydrogen) atoms. The summed E-state index contributed by atoms with van der Waals surface area (Å²) in [5.74, 6) is -0.310. The number of anilines is 1. The lowest BCUT2D eigenvalue weighted by molar-refractivity contribution is -0.120. The molecule has 0 aliphatic heterocycles. The zero-order chi connectivity index (χ0) is 13.5. The Bertz CT molecular complexity index is 432. The fourth-order valence-corrected chi connectivity index (χ4v) is 1.40. The van der Waals surface area contributed by atoms with Crippen LogP contribution in [0.25, 0.3) is 0 Å². The van der Waals surface area contributed by atoms with Crippen molar-refractivity contribution in [3.63, 3.8) is 0 Å². The minimum absolute atomic E-state index is 0.124. The molecule has 1 aromatic carbocycles. The van der Waals surface area contributed by atoms with Gasteiger partial charge < -0.3 is 10.6 Å². The monoisotopic (exact) mass is 249 g/mol. The molecule has 0 unspecified atom stereocenters. The lowest BCUT2D eigenvalue weighted by atomic mass is 10.2. The topological polar surface area (TPSA) is 70.2 Å². The molecule has 0 heterocycles. The van der Waals surface area contributed by atoms with Crippen molar-refractivity contribution in [1.82, 2.24) is 10.6 Å². The molecule has 1 atom stereocenters. The van der Waals surface area contributed by atoms with E-state index in [1.165, 1.54) is 0 Å². The summed E-state index contributed by atoms with van der Waals surface area (Å²) in [5, 5.41) is 8.12. The molecule has 0 spiro atoms. The van der Waals surface area contributed by atoms with Crippen LogP contribution < -0.4 is 16.0 Å². The molecule has 0 aliphatic rings. The van der Waals surface area contributed by atoms with Crippen LogP contribution in [0.2, 0.25) is 0 Å². The number of likely N-dealkylation sites (N-methyl/N-ethyl adjacent to an activating group) is 1. The van der Waals surface area contributed by atoms with E-state index < -0.39 is 6.04 Å². The molecule has 1 rings (SSSR count). The number of aryl methyl sites for hydroxylation is 1. The largest absolute Gasteiger partial charge is 0.358 e. The summed E-state index contributed by atoms with van der Waals surface area (Å²) in [4.78, 5) is 22.9. The quantitative estimate of drug-likeness (QED) is 0.718. The normalized spacial score (nSPS) is 11.7. The third-order valence-corrected chi connectivity index (χ3v) is 2.53. The number of hydrogen-bond acceptors (Lipinski definition) is 3. The molecular formula is C13H19N3O2. The van der Waals surface area contributed by atoms with Gasteiger partial charge in [-0.1, -0.05) is 12.1 Å². The second-order valence-corrected chi connectivity index (χ2v) is 4.13. The summed E-state index contributed by atoms with van der Waals surface area (Å²) in [6, 6.07) is 7.14. The highest BCUT2D eigenvalue weighted by atomic mass is 16.2. The van der Waals surface area contributed by atoms with Gasteiger partial charge >= 0.3 is 0 Å². The van der Waals surface area contributed by atoms with E-state index in [0.29, 0.717) is 0 Å². The molecule has 5 heteroatoms. The number of nitrogens with one attached hydrogen (secondary N) is 3. The summed E-state index contributed by atoms with van der Waals surface area (Å²) in [6.45, 7) is 3.80. The first-order valence-electron chi connectivity index (χ1n) is 5.84. The molecule has 5 nitrogen and oxygen atoms in total. The molecule has 0 bridgehead atoms. The first-order valence-corrected chi connectivity index (χ1v) is 5.84. The summed E-state index contributed by atoms with van der Waals surface area (Å²) in [6.07, 6.45) is 0. The van der Waals surface area contributed by atoms with E-state index in [4.69, 9.17) is 0 Å². The average Bonchev–Trinajstić information content (AvgIpc) is 2.35. The molecule has 1 aromatic rings. The van der Waals surface area contributed by atoms with Crippen LogP contribution in [0.5, 0.6) is 0 Å². The van der Waals surface area contributed by atoms with Crippen molar-refractivity contribution in [2.45, 2.75) is 19.9 Å². The van der Waals surface area contributed by atoms with Gasteiger partial charge in [-0.2, -0.15) is 0 Å². The van der Waals surface area contributed by atoms with Gasteiger partial charge in [-0.3, -0.25) is 14.9 Å². The Morgan fingerprint density at radius 1 is 1.33 bits per heavy atom. The zero-order valence-corrected chi connectivity index (χ0v) is 10.9. The number of rotatable bonds is 5. The van der Waals surface area contributed by atoms with Crippen LogP contribution in [-0.2, 0) is 9.59 Å². The van der Waals surface area contributed by atoms with E-state index in [1.54, 1.807) is 14.0 Å². The maximum absolute atomic E-state index is 11.8. The SMILES string of the molecule is CNC(=O)CN[C@H](C)C(=O)Nc1cccc(C)c1. The van der Waals surface area contributed by atoms with Crippen molar-refractivity contribution >= 4 is 17.5 Å². The fraction of sp³-hybridized carbons (Fsp3) is 0.385. The maximum atomic E-state index is 11.8. The molecule has 2 amide bonds. The van der Waals surface area contributed by atoms with Crippen LogP contribution in [0.1, 0.15) is 12.5 Å². The summed E-state index contributed by atoms with van der Waals surface area (Å²) < 4.78 is 0. The molecule has 0 saturated heterocycles. The number of benzene rings is 1. The molecule has 0 radical (unpaired) electrons. The molecule has 0 saturated carbocycles. The Morgan fingerprint density at radius 2 is 2.06 bits per heavy atom. The highest BCUT2D eigenvalue weighted by Crippen LogP contribution is 2.09. The Labute approximate surface area is 107 Å². The van der Waals surface area contributed by atoms with Crippen molar-refractivity contribution in [3.05, 3.63) is 29.8 Å². The Kier molecular flexibility index (Phi) is 5.32. The standard InChI is InChI=1S/C13H19N3O2/c1-9-5-4-6-11(7-9)16-13(18)10(2)15-8-12(17)14-3/h4-7,10,15H,8H2,1-3H3,(H,14,17)(H,16,18)/t10-/m1/s1. The van der Waals surface area contributed by atoms with E-state index in [2.05, 4.69) is 16.0 Å². The predicted molar refractivity (Wildman–Crippen MR) is 71.3 cm³/mol. The predicted octanol–water partition coefficient (Wildman–Crippen LogP) is 0.658. The third-order valence-electron chi connectivity index (χ3n) is 2.53. The van der Waals surface area contributed by atoms with Gasteiger partial charge in [0.2, 0.25) is 11.8 Å². The Morgan fingerprint density at radius 3 is 2.67 bits per heavy atom. The molecule has 98 valence electrons. The van der Waals surface area contributed by atoms with Gasteiger partial charge in [0, 0.05) is 12.7 Å². The summed E-state index contributed by atoms with van der Waals surface area (Å²) in [7, 11) is 1.56. The van der Waals surface area contributed by atoms with Gasteiger partial charge in [0.05, 0.1) is 12.6 Å². The molecule has 0 aromatic heterocycles. The van der Waals surface area contributed by atoms with Crippen molar-refractivity contribution < 1.29 is 9.59 Å². The average molecular weight is 249 g/mol. The highest BCUT2D eigenvalue weighted by molar-refractivity contribution is 5.95. The minimum atomic E-state index is -0.428. The van der Waals surface area contributed by atoms with Crippen molar-refractivity contribution in [2.75, 3.05) is 18.9 Å². The first kappa shape index (κ1) is 14.2. The second kappa shape index (κ2) is 6.76. The van der Waals surface area contributed by atoms with Crippen molar-refractivity contribution in [3.8, 4) is 0 Å². The van der Waals surface area contributed by atoms with Crippen LogP contribution in [-0.4, -0.2) is 31.4 Å². The van der Waals surface area contributed by atoms with Gasteiger partial charge in [0.1, 0.15) is 0 Å². The number of carbonyl (C=O) groups excluding carboxylic acids is 2. The Balaban J connectivity index is 2.47. The van der Waals surface area contributed by atoms with Crippen LogP contribution in [0.4, 0.5) is 5.69 Å². The van der Waals surface area contributed by atoms with Crippen molar-refractivity contribution in [1.29, 1.82) is 0 Å². The van der Waals surface area contributed by atoms with Crippen molar-refractivity contribution in [2.24, 2.45) is 0 Å². The van der Waals surface area contributed by atoms with Crippen LogP contribution >= 0.6 is 0 Å². The fourth-order valence-electron chi connectivity index (χ4n) is 1.40. The van der Waals surface area contributed by atoms with Crippen LogP contribution in [0, 0.1) is 6.92 Å². The number of hydrogen-bond donors (Lipinski definition) is 3. The van der Waals surface area contributed by atoms with Crippen LogP contribution in [0.15, 0.2) is 24.3 Å². The summed E-state index contributed by atoms with van der Waals surface area (Å²) >= 11 is 0. The third kappa shape index (κ3) is 4.55. The maximum Gasteiger partial charge on any atom is 0.241 e. The van der Waals surface area contributed by atoms with E-state index in [9.17, 15) is 9.59 Å². The zero-order valence-electron chi connectivity index (χ0n) is 10.9. The van der Waals surface area contributed by atoms with E-state index in [0.717, 1.165) is 11.3 Å². The second-order valence-electron chi connectivity index (χ2n) is 4.13. The van der Waals surface area contributed by atoms with Gasteiger partial charge in [-0.05, 0) is 31.5 Å². The smallest absolute Gasteiger partial charge is 0.241 e. The first-order chi connectivity index (χ1) is 8.52. The number of carbonyl (C=O) groups is 2. The van der Waals surface area contributed by atoms with Gasteiger partial charge in [-0.15, -0.1) is 0 Å². The molecule has 0 fully saturated rings. The minimum Gasteiger partial charge on any atom is -0.358 e. The molecular weight excluding hydrogens is 230 g/mol. The van der Waals surface area contributed by atoms with E-state index >= 15 is 0 Å². The van der Waals surface area contributed by atoms with Gasteiger partial charge in [0.25, 0.3) is 0 Å². The molecule has 3 N–H and O–H groups in total. The lowest BCUT2D eigenvalue weighted by Crippen LogP contribution is -2.42. The molecule has 0 aliphatic carbocycles. The van der Waals surface area contributed by atoms with E-state index in [-0.39, 0.29) is 18.4 Å². The van der Waals surface area contributed by atoms with Crippen LogP contribution in [0.3, 0.4) is 0 Å². The van der Waals surface area contributed by atoms with E-state index in [1.807, 2.05) is 31.2 Å². The summed E-state index contributed by atoms with van der Waals surface area (Å²) in [5.41, 5.74) is 1.84. The lowest BCUT2D eigenvalue weighted by Gasteiger charge is -2.13. The Hall–Kier alpha value is -1.88. The number of amides is 2.